The number of rotatable bonds is 22. The summed E-state index contributed by atoms with van der Waals surface area (Å²) in [4.78, 5) is 36.6. The standard InChI is InChI=1S/C52H68Cl2N4O12/c1-33-23-41(53)43(25-35(33)3)67-31-39(11-13-55-15-19-57(20-16-55)37-27-45(61-5)49(65-9)46(28-37)62-6)69-51(59)52(60)70-40(32-68-44-26-36(4)34(2)24-42(44)54)12-14-56-17-21-58(22-18-56)38-29-47(63-7)50(66-10)48(30-38)64-8/h23-30,39-40H,11-22,31-32H2,1-10H3. The van der Waals surface area contributed by atoms with Gasteiger partial charge in [-0.25, -0.2) is 9.59 Å². The van der Waals surface area contributed by atoms with Crippen molar-refractivity contribution >= 4 is 46.5 Å². The van der Waals surface area contributed by atoms with Gasteiger partial charge in [0.05, 0.1) is 52.7 Å². The van der Waals surface area contributed by atoms with Crippen molar-refractivity contribution in [1.82, 2.24) is 9.80 Å². The van der Waals surface area contributed by atoms with Crippen molar-refractivity contribution in [3.8, 4) is 46.0 Å². The minimum Gasteiger partial charge on any atom is -0.493 e. The SMILES string of the molecule is COc1cc(N2CCN(CCC(COc3cc(C)c(C)cc3Cl)OC(=O)C(=O)OC(CCN3CCN(c4cc(OC)c(OC)c(OC)c4)CC3)COc3cc(C)c(C)cc3Cl)CC2)cc(OC)c1OC. The minimum atomic E-state index is -1.12. The van der Waals surface area contributed by atoms with Gasteiger partial charge in [-0.1, -0.05) is 23.2 Å². The summed E-state index contributed by atoms with van der Waals surface area (Å²) in [6.45, 7) is 14.8. The van der Waals surface area contributed by atoms with Gasteiger partial charge in [0, 0.05) is 114 Å². The van der Waals surface area contributed by atoms with Gasteiger partial charge in [0.2, 0.25) is 11.5 Å². The molecule has 0 N–H and O–H groups in total. The van der Waals surface area contributed by atoms with Crippen LogP contribution < -0.4 is 47.7 Å². The van der Waals surface area contributed by atoms with Crippen molar-refractivity contribution in [2.45, 2.75) is 52.7 Å². The van der Waals surface area contributed by atoms with E-state index in [-0.39, 0.29) is 13.2 Å². The number of ether oxygens (including phenoxy) is 10. The molecule has 2 heterocycles. The maximum Gasteiger partial charge on any atom is 0.417 e. The maximum atomic E-state index is 13.8. The summed E-state index contributed by atoms with van der Waals surface area (Å²) in [5, 5.41) is 0.870. The normalized spacial score (nSPS) is 15.1. The highest BCUT2D eigenvalue weighted by Gasteiger charge is 2.30. The van der Waals surface area contributed by atoms with Crippen molar-refractivity contribution in [3.05, 3.63) is 80.8 Å². The summed E-state index contributed by atoms with van der Waals surface area (Å²) in [6.07, 6.45) is -0.856. The Morgan fingerprint density at radius 1 is 0.457 bits per heavy atom. The molecule has 6 rings (SSSR count). The Kier molecular flexibility index (Phi) is 19.5. The first kappa shape index (κ1) is 53.7. The summed E-state index contributed by atoms with van der Waals surface area (Å²) < 4.78 is 57.6. The van der Waals surface area contributed by atoms with E-state index in [4.69, 9.17) is 70.6 Å². The van der Waals surface area contributed by atoms with E-state index in [1.54, 1.807) is 42.7 Å². The number of nitrogens with zero attached hydrogens (tertiary/aromatic N) is 4. The molecule has 16 nitrogen and oxygen atoms in total. The van der Waals surface area contributed by atoms with Gasteiger partial charge in [-0.05, 0) is 74.2 Å². The van der Waals surface area contributed by atoms with Crippen LogP contribution in [-0.4, -0.2) is 155 Å². The van der Waals surface area contributed by atoms with Crippen LogP contribution >= 0.6 is 23.2 Å². The summed E-state index contributed by atoms with van der Waals surface area (Å²) in [6, 6.07) is 15.1. The molecular weight excluding hydrogens is 943 g/mol. The lowest BCUT2D eigenvalue weighted by molar-refractivity contribution is -0.176. The monoisotopic (exact) mass is 1010 g/mol. The number of hydrogen-bond donors (Lipinski definition) is 0. The summed E-state index contributed by atoms with van der Waals surface area (Å²) in [5.74, 6) is 2.07. The Morgan fingerprint density at radius 2 is 0.771 bits per heavy atom. The molecule has 0 aliphatic carbocycles. The van der Waals surface area contributed by atoms with E-state index in [1.165, 1.54) is 0 Å². The third-order valence-electron chi connectivity index (χ3n) is 13.0. The second-order valence-corrected chi connectivity index (χ2v) is 18.2. The van der Waals surface area contributed by atoms with Gasteiger partial charge in [0.1, 0.15) is 36.9 Å². The number of aryl methyl sites for hydroxylation is 4. The number of hydrogen-bond acceptors (Lipinski definition) is 16. The highest BCUT2D eigenvalue weighted by atomic mass is 35.5. The average molecular weight is 1010 g/mol. The molecule has 0 saturated carbocycles. The van der Waals surface area contributed by atoms with Crippen LogP contribution in [0.1, 0.15) is 35.1 Å². The second kappa shape index (κ2) is 25.4. The number of piperazine rings is 2. The minimum absolute atomic E-state index is 0.0352. The lowest BCUT2D eigenvalue weighted by Gasteiger charge is -2.37. The molecule has 70 heavy (non-hydrogen) atoms. The van der Waals surface area contributed by atoms with Gasteiger partial charge in [0.25, 0.3) is 0 Å². The first-order valence-electron chi connectivity index (χ1n) is 23.4. The zero-order chi connectivity index (χ0) is 50.5. The smallest absolute Gasteiger partial charge is 0.417 e. The van der Waals surface area contributed by atoms with Crippen LogP contribution in [0.15, 0.2) is 48.5 Å². The van der Waals surface area contributed by atoms with Crippen LogP contribution in [0.4, 0.5) is 11.4 Å². The van der Waals surface area contributed by atoms with Crippen LogP contribution in [0.5, 0.6) is 46.0 Å². The van der Waals surface area contributed by atoms with Crippen LogP contribution in [0.3, 0.4) is 0 Å². The van der Waals surface area contributed by atoms with E-state index >= 15 is 0 Å². The van der Waals surface area contributed by atoms with Gasteiger partial charge in [-0.15, -0.1) is 0 Å². The van der Waals surface area contributed by atoms with Crippen LogP contribution in [0.2, 0.25) is 10.0 Å². The Morgan fingerprint density at radius 3 is 1.07 bits per heavy atom. The molecule has 2 aliphatic rings. The molecule has 382 valence electrons. The number of benzene rings is 4. The molecule has 2 atom stereocenters. The summed E-state index contributed by atoms with van der Waals surface area (Å²) in [5.41, 5.74) is 5.94. The first-order valence-corrected chi connectivity index (χ1v) is 24.2. The molecule has 0 aromatic heterocycles. The second-order valence-electron chi connectivity index (χ2n) is 17.4. The van der Waals surface area contributed by atoms with Crippen molar-refractivity contribution in [3.63, 3.8) is 0 Å². The van der Waals surface area contributed by atoms with Gasteiger partial charge in [0.15, 0.2) is 23.0 Å². The van der Waals surface area contributed by atoms with Crippen molar-refractivity contribution in [1.29, 1.82) is 0 Å². The van der Waals surface area contributed by atoms with E-state index in [0.717, 1.165) is 86.0 Å². The topological polar surface area (TPSA) is 139 Å². The zero-order valence-electron chi connectivity index (χ0n) is 42.1. The van der Waals surface area contributed by atoms with Gasteiger partial charge < -0.3 is 57.2 Å². The molecule has 0 radical (unpaired) electrons. The molecular formula is C52H68Cl2N4O12. The number of halogens is 2. The predicted molar refractivity (Wildman–Crippen MR) is 271 cm³/mol. The quantitative estimate of drug-likeness (QED) is 0.0555. The highest BCUT2D eigenvalue weighted by Crippen LogP contribution is 2.42. The average Bonchev–Trinajstić information content (AvgIpc) is 3.37. The number of methoxy groups -OCH3 is 6. The molecule has 18 heteroatoms. The van der Waals surface area contributed by atoms with Crippen molar-refractivity contribution < 1.29 is 57.0 Å². The third kappa shape index (κ3) is 13.8. The molecule has 0 bridgehead atoms. The maximum absolute atomic E-state index is 13.8. The molecule has 4 aromatic rings. The van der Waals surface area contributed by atoms with E-state index in [2.05, 4.69) is 19.6 Å². The fourth-order valence-electron chi connectivity index (χ4n) is 8.46. The van der Waals surface area contributed by atoms with Gasteiger partial charge >= 0.3 is 11.9 Å². The van der Waals surface area contributed by atoms with Gasteiger partial charge in [-0.2, -0.15) is 0 Å². The molecule has 2 aliphatic heterocycles. The summed E-state index contributed by atoms with van der Waals surface area (Å²) >= 11 is 13.2. The highest BCUT2D eigenvalue weighted by molar-refractivity contribution is 6.32. The first-order chi connectivity index (χ1) is 33.7. The number of anilines is 2. The molecule has 0 amide bonds. The predicted octanol–water partition coefficient (Wildman–Crippen LogP) is 7.98. The lowest BCUT2D eigenvalue weighted by atomic mass is 10.1. The third-order valence-corrected chi connectivity index (χ3v) is 13.6. The molecule has 2 fully saturated rings. The van der Waals surface area contributed by atoms with Crippen molar-refractivity contribution in [2.24, 2.45) is 0 Å². The number of carbonyl (C=O) groups is 2. The fourth-order valence-corrected chi connectivity index (χ4v) is 9.00. The number of carbonyl (C=O) groups excluding carboxylic acids is 2. The fraction of sp³-hybridized carbons (Fsp3) is 0.500. The zero-order valence-corrected chi connectivity index (χ0v) is 43.6. The van der Waals surface area contributed by atoms with Crippen molar-refractivity contribution in [2.75, 3.05) is 131 Å². The Hall–Kier alpha value is -5.68. The Bertz CT molecular complexity index is 2190. The molecule has 2 saturated heterocycles. The largest absolute Gasteiger partial charge is 0.493 e. The molecule has 2 unspecified atom stereocenters. The van der Waals surface area contributed by atoms with Crippen LogP contribution in [0.25, 0.3) is 0 Å². The lowest BCUT2D eigenvalue weighted by Crippen LogP contribution is -2.47. The Balaban J connectivity index is 1.11. The van der Waals surface area contributed by atoms with E-state index in [1.807, 2.05) is 76.2 Å². The molecule has 0 spiro atoms. The van der Waals surface area contributed by atoms with Gasteiger partial charge in [-0.3, -0.25) is 9.80 Å². The summed E-state index contributed by atoms with van der Waals surface area (Å²) in [7, 11) is 9.56. The molecule has 4 aromatic carbocycles. The Labute approximate surface area is 422 Å². The van der Waals surface area contributed by atoms with E-state index in [0.29, 0.717) is 82.0 Å². The van der Waals surface area contributed by atoms with Crippen LogP contribution in [0, 0.1) is 27.7 Å². The number of esters is 2. The van der Waals surface area contributed by atoms with E-state index in [9.17, 15) is 9.59 Å². The van der Waals surface area contributed by atoms with E-state index < -0.39 is 24.1 Å². The van der Waals surface area contributed by atoms with Crippen LogP contribution in [-0.2, 0) is 19.1 Å².